The number of hydrogen-bond donors (Lipinski definition) is 2. The van der Waals surface area contributed by atoms with Gasteiger partial charge in [-0.15, -0.1) is 0 Å². The molecule has 17 heavy (non-hydrogen) atoms. The van der Waals surface area contributed by atoms with Gasteiger partial charge in [-0.3, -0.25) is 0 Å². The van der Waals surface area contributed by atoms with Crippen molar-refractivity contribution in [2.75, 3.05) is 32.6 Å². The lowest BCUT2D eigenvalue weighted by Gasteiger charge is -2.07. The minimum absolute atomic E-state index is 0.266. The molecule has 0 unspecified atom stereocenters. The van der Waals surface area contributed by atoms with Crippen molar-refractivity contribution in [1.82, 2.24) is 4.72 Å². The van der Waals surface area contributed by atoms with Gasteiger partial charge < -0.3 is 10.1 Å². The average molecular weight is 258 g/mol. The molecular weight excluding hydrogens is 240 g/mol. The van der Waals surface area contributed by atoms with Crippen LogP contribution in [-0.4, -0.2) is 35.7 Å². The van der Waals surface area contributed by atoms with Crippen LogP contribution in [0.5, 0.6) is 0 Å². The summed E-state index contributed by atoms with van der Waals surface area (Å²) in [7, 11) is -0.283. The van der Waals surface area contributed by atoms with Crippen molar-refractivity contribution in [3.8, 4) is 0 Å². The molecule has 0 saturated heterocycles. The van der Waals surface area contributed by atoms with Crippen LogP contribution >= 0.6 is 0 Å². The number of sulfonamides is 1. The molecule has 2 N–H and O–H groups in total. The Hall–Kier alpha value is -1.11. The molecule has 6 heteroatoms. The van der Waals surface area contributed by atoms with Crippen LogP contribution in [0.1, 0.15) is 6.42 Å². The largest absolute Gasteiger partial charge is 0.385 e. The Morgan fingerprint density at radius 2 is 1.88 bits per heavy atom. The van der Waals surface area contributed by atoms with E-state index in [0.717, 1.165) is 18.7 Å². The molecule has 0 radical (unpaired) electrons. The van der Waals surface area contributed by atoms with Crippen molar-refractivity contribution in [3.05, 3.63) is 24.3 Å². The van der Waals surface area contributed by atoms with Crippen molar-refractivity contribution < 1.29 is 13.2 Å². The molecule has 5 nitrogen and oxygen atoms in total. The Morgan fingerprint density at radius 3 is 2.41 bits per heavy atom. The molecule has 0 bridgehead atoms. The van der Waals surface area contributed by atoms with Crippen LogP contribution in [0.4, 0.5) is 5.69 Å². The minimum Gasteiger partial charge on any atom is -0.385 e. The zero-order chi connectivity index (χ0) is 12.7. The van der Waals surface area contributed by atoms with Crippen molar-refractivity contribution in [2.45, 2.75) is 11.3 Å². The molecule has 1 aromatic carbocycles. The third-order valence-electron chi connectivity index (χ3n) is 2.29. The highest BCUT2D eigenvalue weighted by molar-refractivity contribution is 7.89. The first-order valence-electron chi connectivity index (χ1n) is 5.36. The number of methoxy groups -OCH3 is 1. The lowest BCUT2D eigenvalue weighted by molar-refractivity contribution is 0.198. The van der Waals surface area contributed by atoms with Crippen molar-refractivity contribution in [3.63, 3.8) is 0 Å². The first kappa shape index (κ1) is 14.0. The molecule has 0 saturated carbocycles. The smallest absolute Gasteiger partial charge is 0.240 e. The normalized spacial score (nSPS) is 11.4. The standard InChI is InChI=1S/C11H18N2O3S/c1-12-17(14,15)11-6-4-10(5-7-11)13-8-3-9-16-2/h4-7,12-13H,3,8-9H2,1-2H3. The highest BCUT2D eigenvalue weighted by Gasteiger charge is 2.09. The summed E-state index contributed by atoms with van der Waals surface area (Å²) in [4.78, 5) is 0.266. The average Bonchev–Trinajstić information content (AvgIpc) is 2.35. The number of rotatable bonds is 7. The fourth-order valence-electron chi connectivity index (χ4n) is 1.32. The minimum atomic E-state index is -3.34. The molecule has 96 valence electrons. The van der Waals surface area contributed by atoms with Gasteiger partial charge >= 0.3 is 0 Å². The van der Waals surface area contributed by atoms with Gasteiger partial charge in [0.15, 0.2) is 0 Å². The molecule has 1 aromatic rings. The van der Waals surface area contributed by atoms with Gasteiger partial charge in [-0.2, -0.15) is 0 Å². The van der Waals surface area contributed by atoms with E-state index in [1.54, 1.807) is 31.4 Å². The van der Waals surface area contributed by atoms with Crippen LogP contribution in [0.2, 0.25) is 0 Å². The first-order valence-corrected chi connectivity index (χ1v) is 6.85. The van der Waals surface area contributed by atoms with E-state index in [1.807, 2.05) is 0 Å². The molecule has 0 aliphatic heterocycles. The second kappa shape index (κ2) is 6.58. The Bertz CT molecular complexity index is 429. The summed E-state index contributed by atoms with van der Waals surface area (Å²) in [5.74, 6) is 0. The highest BCUT2D eigenvalue weighted by Crippen LogP contribution is 2.13. The molecule has 0 atom stereocenters. The highest BCUT2D eigenvalue weighted by atomic mass is 32.2. The van der Waals surface area contributed by atoms with E-state index in [-0.39, 0.29) is 4.90 Å². The Balaban J connectivity index is 2.57. The van der Waals surface area contributed by atoms with Crippen LogP contribution < -0.4 is 10.0 Å². The summed E-state index contributed by atoms with van der Waals surface area (Å²) in [6.45, 7) is 1.51. The maximum Gasteiger partial charge on any atom is 0.240 e. The number of ether oxygens (including phenoxy) is 1. The number of benzene rings is 1. The van der Waals surface area contributed by atoms with Gasteiger partial charge in [0.05, 0.1) is 4.90 Å². The number of anilines is 1. The predicted molar refractivity (Wildman–Crippen MR) is 67.7 cm³/mol. The zero-order valence-corrected chi connectivity index (χ0v) is 10.9. The SMILES string of the molecule is CNS(=O)(=O)c1ccc(NCCCOC)cc1. The second-order valence-electron chi connectivity index (χ2n) is 3.51. The van der Waals surface area contributed by atoms with Gasteiger partial charge in [0.1, 0.15) is 0 Å². The van der Waals surface area contributed by atoms with Gasteiger partial charge in [0.2, 0.25) is 10.0 Å². The fraction of sp³-hybridized carbons (Fsp3) is 0.455. The second-order valence-corrected chi connectivity index (χ2v) is 5.39. The van der Waals surface area contributed by atoms with E-state index in [2.05, 4.69) is 10.0 Å². The lowest BCUT2D eigenvalue weighted by Crippen LogP contribution is -2.18. The van der Waals surface area contributed by atoms with E-state index in [1.165, 1.54) is 7.05 Å². The predicted octanol–water partition coefficient (Wildman–Crippen LogP) is 1.04. The zero-order valence-electron chi connectivity index (χ0n) is 10.1. The van der Waals surface area contributed by atoms with Crippen LogP contribution in [0, 0.1) is 0 Å². The molecule has 0 fully saturated rings. The Kier molecular flexibility index (Phi) is 5.40. The van der Waals surface area contributed by atoms with Crippen molar-refractivity contribution in [2.24, 2.45) is 0 Å². The van der Waals surface area contributed by atoms with Crippen molar-refractivity contribution in [1.29, 1.82) is 0 Å². The molecule has 0 aromatic heterocycles. The van der Waals surface area contributed by atoms with E-state index in [0.29, 0.717) is 6.61 Å². The van der Waals surface area contributed by atoms with Gasteiger partial charge in [-0.25, -0.2) is 13.1 Å². The first-order chi connectivity index (χ1) is 8.10. The number of nitrogens with one attached hydrogen (secondary N) is 2. The lowest BCUT2D eigenvalue weighted by atomic mass is 10.3. The molecular formula is C11H18N2O3S. The summed E-state index contributed by atoms with van der Waals surface area (Å²) in [6.07, 6.45) is 0.910. The number of hydrogen-bond acceptors (Lipinski definition) is 4. The molecule has 0 spiro atoms. The summed E-state index contributed by atoms with van der Waals surface area (Å²) in [6, 6.07) is 6.64. The van der Waals surface area contributed by atoms with Crippen LogP contribution in [0.15, 0.2) is 29.2 Å². The summed E-state index contributed by atoms with van der Waals surface area (Å²) < 4.78 is 30.1. The van der Waals surface area contributed by atoms with E-state index >= 15 is 0 Å². The Labute approximate surface area is 102 Å². The fourth-order valence-corrected chi connectivity index (χ4v) is 2.05. The maximum atomic E-state index is 11.5. The summed E-state index contributed by atoms with van der Waals surface area (Å²) >= 11 is 0. The van der Waals surface area contributed by atoms with Crippen LogP contribution in [0.25, 0.3) is 0 Å². The monoisotopic (exact) mass is 258 g/mol. The van der Waals surface area contributed by atoms with Gasteiger partial charge in [-0.05, 0) is 37.7 Å². The van der Waals surface area contributed by atoms with Crippen molar-refractivity contribution >= 4 is 15.7 Å². The molecule has 0 aliphatic carbocycles. The van der Waals surface area contributed by atoms with Gasteiger partial charge in [0.25, 0.3) is 0 Å². The van der Waals surface area contributed by atoms with E-state index in [4.69, 9.17) is 4.74 Å². The maximum absolute atomic E-state index is 11.5. The third-order valence-corrected chi connectivity index (χ3v) is 3.72. The topological polar surface area (TPSA) is 67.4 Å². The molecule has 0 aliphatic rings. The van der Waals surface area contributed by atoms with Gasteiger partial charge in [-0.1, -0.05) is 0 Å². The van der Waals surface area contributed by atoms with E-state index < -0.39 is 10.0 Å². The van der Waals surface area contributed by atoms with Gasteiger partial charge in [0, 0.05) is 25.9 Å². The third kappa shape index (κ3) is 4.33. The molecule has 0 heterocycles. The molecule has 0 amide bonds. The quantitative estimate of drug-likeness (QED) is 0.717. The van der Waals surface area contributed by atoms with Crippen LogP contribution in [0.3, 0.4) is 0 Å². The Morgan fingerprint density at radius 1 is 1.24 bits per heavy atom. The summed E-state index contributed by atoms with van der Waals surface area (Å²) in [5, 5.41) is 3.18. The summed E-state index contributed by atoms with van der Waals surface area (Å²) in [5.41, 5.74) is 0.899. The van der Waals surface area contributed by atoms with Crippen LogP contribution in [-0.2, 0) is 14.8 Å². The van der Waals surface area contributed by atoms with E-state index in [9.17, 15) is 8.42 Å². The molecule has 1 rings (SSSR count).